The van der Waals surface area contributed by atoms with Gasteiger partial charge in [0.15, 0.2) is 0 Å². The number of carbonyl (C=O) groups is 1. The number of amides is 2. The van der Waals surface area contributed by atoms with E-state index in [1.165, 1.54) is 0 Å². The molecule has 2 aliphatic heterocycles. The Bertz CT molecular complexity index is 910. The lowest BCUT2D eigenvalue weighted by molar-refractivity contribution is 0.186. The molecule has 0 aliphatic carbocycles. The van der Waals surface area contributed by atoms with Gasteiger partial charge in [0, 0.05) is 38.9 Å². The monoisotopic (exact) mass is 390 g/mol. The van der Waals surface area contributed by atoms with E-state index in [0.29, 0.717) is 45.6 Å². The maximum absolute atomic E-state index is 12.7. The molecule has 0 atom stereocenters. The molecule has 3 heterocycles. The van der Waals surface area contributed by atoms with Gasteiger partial charge in [0.05, 0.1) is 10.8 Å². The maximum atomic E-state index is 12.7. The number of likely N-dealkylation sites (tertiary alicyclic amines) is 1. The number of sulfonamides is 1. The topological polar surface area (TPSA) is 85.5 Å². The number of piperidine rings is 1. The van der Waals surface area contributed by atoms with Crippen LogP contribution >= 0.6 is 0 Å². The Kier molecular flexibility index (Phi) is 5.10. The first-order valence-electron chi connectivity index (χ1n) is 9.62. The molecule has 2 aromatic rings. The number of rotatable bonds is 4. The molecule has 4 rings (SSSR count). The van der Waals surface area contributed by atoms with Gasteiger partial charge in [-0.3, -0.25) is 0 Å². The maximum Gasteiger partial charge on any atom is 0.317 e. The first kappa shape index (κ1) is 18.3. The number of hydrogen-bond donors (Lipinski definition) is 2. The van der Waals surface area contributed by atoms with Gasteiger partial charge < -0.3 is 15.2 Å². The molecular formula is C19H26N4O3S. The second-order valence-electron chi connectivity index (χ2n) is 7.36. The van der Waals surface area contributed by atoms with E-state index in [-0.39, 0.29) is 11.3 Å². The summed E-state index contributed by atoms with van der Waals surface area (Å²) >= 11 is 0. The summed E-state index contributed by atoms with van der Waals surface area (Å²) in [6.45, 7) is 2.70. The minimum Gasteiger partial charge on any atom is -0.361 e. The first-order chi connectivity index (χ1) is 13.1. The van der Waals surface area contributed by atoms with Gasteiger partial charge in [0.1, 0.15) is 0 Å². The summed E-state index contributed by atoms with van der Waals surface area (Å²) in [5.74, 6) is 0. The third-order valence-electron chi connectivity index (χ3n) is 5.68. The molecule has 2 aliphatic rings. The molecule has 1 aromatic heterocycles. The number of fused-ring (bicyclic) bond motifs is 1. The van der Waals surface area contributed by atoms with E-state index in [1.807, 2.05) is 30.5 Å². The Morgan fingerprint density at radius 1 is 1.11 bits per heavy atom. The number of aromatic nitrogens is 1. The smallest absolute Gasteiger partial charge is 0.317 e. The summed E-state index contributed by atoms with van der Waals surface area (Å²) in [4.78, 5) is 17.4. The van der Waals surface area contributed by atoms with Gasteiger partial charge in [-0.25, -0.2) is 17.5 Å². The molecule has 0 radical (unpaired) electrons. The molecule has 8 heteroatoms. The second-order valence-corrected chi connectivity index (χ2v) is 9.57. The van der Waals surface area contributed by atoms with Gasteiger partial charge in [-0.2, -0.15) is 0 Å². The number of carbonyl (C=O) groups excluding carboxylic acids is 1. The number of nitrogens with zero attached hydrogens (tertiary/aromatic N) is 2. The summed E-state index contributed by atoms with van der Waals surface area (Å²) in [5.41, 5.74) is 2.07. The molecule has 2 fully saturated rings. The van der Waals surface area contributed by atoms with Crippen LogP contribution in [0.3, 0.4) is 0 Å². The average Bonchev–Trinajstić information content (AvgIpc) is 3.38. The molecule has 1 aromatic carbocycles. The first-order valence-corrected chi connectivity index (χ1v) is 11.1. The van der Waals surface area contributed by atoms with Crippen molar-refractivity contribution < 1.29 is 13.2 Å². The number of para-hydroxylation sites is 1. The highest BCUT2D eigenvalue weighted by molar-refractivity contribution is 7.89. The van der Waals surface area contributed by atoms with Crippen molar-refractivity contribution in [3.05, 3.63) is 36.0 Å². The zero-order chi connectivity index (χ0) is 18.9. The van der Waals surface area contributed by atoms with Crippen molar-refractivity contribution in [2.24, 2.45) is 0 Å². The van der Waals surface area contributed by atoms with Crippen LogP contribution in [-0.2, 0) is 16.6 Å². The highest BCUT2D eigenvalue weighted by Gasteiger charge is 2.36. The van der Waals surface area contributed by atoms with Crippen molar-refractivity contribution in [1.29, 1.82) is 0 Å². The van der Waals surface area contributed by atoms with Crippen LogP contribution in [0.2, 0.25) is 0 Å². The fraction of sp³-hybridized carbons (Fsp3) is 0.526. The lowest BCUT2D eigenvalue weighted by Crippen LogP contribution is -2.48. The fourth-order valence-corrected chi connectivity index (χ4v) is 6.09. The predicted molar refractivity (Wildman–Crippen MR) is 105 cm³/mol. The molecular weight excluding hydrogens is 364 g/mol. The van der Waals surface area contributed by atoms with Crippen LogP contribution in [0.5, 0.6) is 0 Å². The van der Waals surface area contributed by atoms with Crippen molar-refractivity contribution in [3.63, 3.8) is 0 Å². The third-order valence-corrected chi connectivity index (χ3v) is 8.08. The van der Waals surface area contributed by atoms with Crippen molar-refractivity contribution in [2.75, 3.05) is 26.2 Å². The highest BCUT2D eigenvalue weighted by Crippen LogP contribution is 2.24. The second kappa shape index (κ2) is 7.52. The molecule has 0 bridgehead atoms. The Morgan fingerprint density at radius 3 is 2.59 bits per heavy atom. The summed E-state index contributed by atoms with van der Waals surface area (Å²) < 4.78 is 27.0. The van der Waals surface area contributed by atoms with Crippen LogP contribution < -0.4 is 5.32 Å². The highest BCUT2D eigenvalue weighted by atomic mass is 32.2. The summed E-state index contributed by atoms with van der Waals surface area (Å²) in [5, 5.41) is 3.73. The van der Waals surface area contributed by atoms with E-state index in [2.05, 4.69) is 10.3 Å². The minimum atomic E-state index is -3.21. The van der Waals surface area contributed by atoms with Gasteiger partial charge in [-0.05, 0) is 42.7 Å². The SMILES string of the molecule is O=C(NCc1cccc2cc[nH]c12)N1CCC(S(=O)(=O)N2CCCC2)CC1. The third kappa shape index (κ3) is 3.68. The molecule has 2 N–H and O–H groups in total. The average molecular weight is 391 g/mol. The van der Waals surface area contributed by atoms with Crippen molar-refractivity contribution in [3.8, 4) is 0 Å². The van der Waals surface area contributed by atoms with E-state index < -0.39 is 10.0 Å². The normalized spacial score (nSPS) is 19.6. The Labute approximate surface area is 159 Å². The lowest BCUT2D eigenvalue weighted by atomic mass is 10.1. The summed E-state index contributed by atoms with van der Waals surface area (Å²) in [6, 6.07) is 7.88. The van der Waals surface area contributed by atoms with Crippen LogP contribution in [0.25, 0.3) is 10.9 Å². The van der Waals surface area contributed by atoms with Crippen molar-refractivity contribution in [1.82, 2.24) is 19.5 Å². The Balaban J connectivity index is 1.31. The quantitative estimate of drug-likeness (QED) is 0.840. The van der Waals surface area contributed by atoms with Crippen LogP contribution in [0.4, 0.5) is 4.79 Å². The standard InChI is InChI=1S/C19H26N4O3S/c24-19(21-14-16-5-3-4-15-6-9-20-18(15)16)22-12-7-17(8-13-22)27(25,26)23-10-1-2-11-23/h3-6,9,17,20H,1-2,7-8,10-14H2,(H,21,24). The fourth-order valence-electron chi connectivity index (χ4n) is 4.09. The van der Waals surface area contributed by atoms with Gasteiger partial charge in [0.2, 0.25) is 10.0 Å². The number of nitrogens with one attached hydrogen (secondary N) is 2. The minimum absolute atomic E-state index is 0.129. The molecule has 0 unspecified atom stereocenters. The van der Waals surface area contributed by atoms with Crippen LogP contribution in [0, 0.1) is 0 Å². The molecule has 0 spiro atoms. The summed E-state index contributed by atoms with van der Waals surface area (Å²) in [7, 11) is -3.21. The van der Waals surface area contributed by atoms with E-state index in [0.717, 1.165) is 29.3 Å². The van der Waals surface area contributed by atoms with Crippen molar-refractivity contribution >= 4 is 27.0 Å². The zero-order valence-electron chi connectivity index (χ0n) is 15.4. The molecule has 146 valence electrons. The van der Waals surface area contributed by atoms with Crippen LogP contribution in [0.1, 0.15) is 31.2 Å². The molecule has 27 heavy (non-hydrogen) atoms. The van der Waals surface area contributed by atoms with Gasteiger partial charge in [0.25, 0.3) is 0 Å². The molecule has 2 amide bonds. The van der Waals surface area contributed by atoms with E-state index in [1.54, 1.807) is 9.21 Å². The van der Waals surface area contributed by atoms with E-state index >= 15 is 0 Å². The molecule has 7 nitrogen and oxygen atoms in total. The number of urea groups is 1. The van der Waals surface area contributed by atoms with Gasteiger partial charge in [-0.1, -0.05) is 18.2 Å². The lowest BCUT2D eigenvalue weighted by Gasteiger charge is -2.33. The number of benzene rings is 1. The van der Waals surface area contributed by atoms with Crippen LogP contribution in [-0.4, -0.2) is 60.1 Å². The summed E-state index contributed by atoms with van der Waals surface area (Å²) in [6.07, 6.45) is 4.82. The van der Waals surface area contributed by atoms with Crippen LogP contribution in [0.15, 0.2) is 30.5 Å². The van der Waals surface area contributed by atoms with Gasteiger partial charge in [-0.15, -0.1) is 0 Å². The Hall–Kier alpha value is -2.06. The Morgan fingerprint density at radius 2 is 1.85 bits per heavy atom. The van der Waals surface area contributed by atoms with Gasteiger partial charge >= 0.3 is 6.03 Å². The zero-order valence-corrected chi connectivity index (χ0v) is 16.2. The molecule has 2 saturated heterocycles. The van der Waals surface area contributed by atoms with E-state index in [4.69, 9.17) is 0 Å². The van der Waals surface area contributed by atoms with Crippen molar-refractivity contribution in [2.45, 2.75) is 37.5 Å². The number of H-pyrrole nitrogens is 1. The van der Waals surface area contributed by atoms with E-state index in [9.17, 15) is 13.2 Å². The largest absolute Gasteiger partial charge is 0.361 e. The number of hydrogen-bond acceptors (Lipinski definition) is 3. The predicted octanol–water partition coefficient (Wildman–Crippen LogP) is 2.27. The molecule has 0 saturated carbocycles. The number of aromatic amines is 1.